The third kappa shape index (κ3) is 2.64. The lowest BCUT2D eigenvalue weighted by Gasteiger charge is -2.14. The molecule has 0 saturated carbocycles. The van der Waals surface area contributed by atoms with Gasteiger partial charge in [0.2, 0.25) is 0 Å². The molecule has 1 rings (SSSR count). The highest BCUT2D eigenvalue weighted by atomic mass is 35.5. The molecule has 0 aliphatic rings. The van der Waals surface area contributed by atoms with Gasteiger partial charge in [0.15, 0.2) is 6.29 Å². The molecule has 1 aromatic rings. The number of hydrogen-bond acceptors (Lipinski definition) is 4. The van der Waals surface area contributed by atoms with Crippen molar-refractivity contribution in [1.82, 2.24) is 9.97 Å². The van der Waals surface area contributed by atoms with E-state index < -0.39 is 0 Å². The average molecular weight is 217 g/mol. The van der Waals surface area contributed by atoms with Crippen molar-refractivity contribution in [2.45, 2.75) is 19.6 Å². The maximum Gasteiger partial charge on any atom is 0.160 e. The summed E-state index contributed by atoms with van der Waals surface area (Å²) < 4.78 is 10.2. The Morgan fingerprint density at radius 1 is 1.36 bits per heavy atom. The van der Waals surface area contributed by atoms with E-state index in [9.17, 15) is 0 Å². The smallest absolute Gasteiger partial charge is 0.160 e. The Bertz CT molecular complexity index is 283. The lowest BCUT2D eigenvalue weighted by atomic mass is 10.2. The summed E-state index contributed by atoms with van der Waals surface area (Å²) in [6.45, 7) is 1.88. The first-order chi connectivity index (χ1) is 6.69. The van der Waals surface area contributed by atoms with Crippen LogP contribution in [0.1, 0.15) is 11.3 Å². The normalized spacial score (nSPS) is 10.9. The molecule has 0 bridgehead atoms. The van der Waals surface area contributed by atoms with Crippen LogP contribution < -0.4 is 0 Å². The molecule has 78 valence electrons. The van der Waals surface area contributed by atoms with E-state index in [-0.39, 0.29) is 6.29 Å². The van der Waals surface area contributed by atoms with Crippen LogP contribution in [0, 0.1) is 6.92 Å². The van der Waals surface area contributed by atoms with Crippen LogP contribution in [-0.4, -0.2) is 30.5 Å². The standard InChI is InChI=1S/C9H13ClN2O2/c1-6-7(4-8(13-2)14-3)9(10)12-5-11-6/h5,8H,4H2,1-3H3. The van der Waals surface area contributed by atoms with Crippen LogP contribution in [0.3, 0.4) is 0 Å². The Hall–Kier alpha value is -0.710. The minimum absolute atomic E-state index is 0.308. The van der Waals surface area contributed by atoms with E-state index in [0.717, 1.165) is 11.3 Å². The van der Waals surface area contributed by atoms with E-state index in [4.69, 9.17) is 21.1 Å². The first kappa shape index (κ1) is 11.4. The first-order valence-electron chi connectivity index (χ1n) is 4.20. The Morgan fingerprint density at radius 3 is 2.50 bits per heavy atom. The molecule has 0 saturated heterocycles. The van der Waals surface area contributed by atoms with Crippen molar-refractivity contribution in [3.05, 3.63) is 22.7 Å². The molecule has 5 heteroatoms. The fourth-order valence-electron chi connectivity index (χ4n) is 1.13. The van der Waals surface area contributed by atoms with Crippen LogP contribution in [0.2, 0.25) is 5.15 Å². The third-order valence-corrected chi connectivity index (χ3v) is 2.33. The van der Waals surface area contributed by atoms with Gasteiger partial charge in [0.25, 0.3) is 0 Å². The fraction of sp³-hybridized carbons (Fsp3) is 0.556. The minimum Gasteiger partial charge on any atom is -0.356 e. The van der Waals surface area contributed by atoms with E-state index in [0.29, 0.717) is 11.6 Å². The zero-order valence-corrected chi connectivity index (χ0v) is 9.21. The summed E-state index contributed by atoms with van der Waals surface area (Å²) in [7, 11) is 3.17. The van der Waals surface area contributed by atoms with E-state index >= 15 is 0 Å². The van der Waals surface area contributed by atoms with Gasteiger partial charge in [-0.05, 0) is 6.92 Å². The van der Waals surface area contributed by atoms with Crippen molar-refractivity contribution >= 4 is 11.6 Å². The van der Waals surface area contributed by atoms with Gasteiger partial charge in [-0.2, -0.15) is 0 Å². The van der Waals surface area contributed by atoms with Gasteiger partial charge >= 0.3 is 0 Å². The zero-order chi connectivity index (χ0) is 10.6. The number of nitrogens with zero attached hydrogens (tertiary/aromatic N) is 2. The monoisotopic (exact) mass is 216 g/mol. The number of hydrogen-bond donors (Lipinski definition) is 0. The molecule has 0 N–H and O–H groups in total. The third-order valence-electron chi connectivity index (χ3n) is 2.00. The number of ether oxygens (including phenoxy) is 2. The lowest BCUT2D eigenvalue weighted by Crippen LogP contribution is -2.17. The molecule has 0 amide bonds. The topological polar surface area (TPSA) is 44.2 Å². The predicted octanol–water partition coefficient (Wildman–Crippen LogP) is 1.60. The van der Waals surface area contributed by atoms with Gasteiger partial charge in [-0.25, -0.2) is 9.97 Å². The number of rotatable bonds is 4. The summed E-state index contributed by atoms with van der Waals surface area (Å²) in [4.78, 5) is 7.96. The molecule has 0 aliphatic heterocycles. The second-order valence-electron chi connectivity index (χ2n) is 2.83. The second kappa shape index (κ2) is 5.24. The molecule has 14 heavy (non-hydrogen) atoms. The molecule has 1 heterocycles. The molecule has 0 unspecified atom stereocenters. The van der Waals surface area contributed by atoms with E-state index in [1.165, 1.54) is 6.33 Å². The maximum absolute atomic E-state index is 5.93. The molecule has 1 aromatic heterocycles. The summed E-state index contributed by atoms with van der Waals surface area (Å²) in [5.74, 6) is 0. The predicted molar refractivity (Wildman–Crippen MR) is 53.3 cm³/mol. The van der Waals surface area contributed by atoms with Gasteiger partial charge in [0.05, 0.1) is 0 Å². The van der Waals surface area contributed by atoms with Gasteiger partial charge in [0, 0.05) is 31.9 Å². The number of aryl methyl sites for hydroxylation is 1. The van der Waals surface area contributed by atoms with Crippen LogP contribution in [0.25, 0.3) is 0 Å². The van der Waals surface area contributed by atoms with Crippen molar-refractivity contribution in [2.24, 2.45) is 0 Å². The minimum atomic E-state index is -0.308. The summed E-state index contributed by atoms with van der Waals surface area (Å²) in [5, 5.41) is 0.455. The quantitative estimate of drug-likeness (QED) is 0.567. The molecule has 0 radical (unpaired) electrons. The Labute approximate surface area is 88.2 Å². The molecule has 0 atom stereocenters. The van der Waals surface area contributed by atoms with Crippen LogP contribution >= 0.6 is 11.6 Å². The lowest BCUT2D eigenvalue weighted by molar-refractivity contribution is -0.100. The second-order valence-corrected chi connectivity index (χ2v) is 3.19. The van der Waals surface area contributed by atoms with Crippen molar-refractivity contribution in [3.63, 3.8) is 0 Å². The van der Waals surface area contributed by atoms with Crippen molar-refractivity contribution in [3.8, 4) is 0 Å². The molecule has 0 aliphatic carbocycles. The summed E-state index contributed by atoms with van der Waals surface area (Å²) >= 11 is 5.93. The van der Waals surface area contributed by atoms with Crippen LogP contribution in [-0.2, 0) is 15.9 Å². The highest BCUT2D eigenvalue weighted by Crippen LogP contribution is 2.17. The van der Waals surface area contributed by atoms with Crippen molar-refractivity contribution < 1.29 is 9.47 Å². The molecule has 0 fully saturated rings. The molecular weight excluding hydrogens is 204 g/mol. The van der Waals surface area contributed by atoms with Gasteiger partial charge in [0.1, 0.15) is 11.5 Å². The van der Waals surface area contributed by atoms with E-state index in [1.807, 2.05) is 6.92 Å². The molecular formula is C9H13ClN2O2. The largest absolute Gasteiger partial charge is 0.356 e. The maximum atomic E-state index is 5.93. The average Bonchev–Trinajstić information content (AvgIpc) is 2.18. The van der Waals surface area contributed by atoms with Gasteiger partial charge in [-0.3, -0.25) is 0 Å². The van der Waals surface area contributed by atoms with E-state index in [1.54, 1.807) is 14.2 Å². The van der Waals surface area contributed by atoms with Crippen LogP contribution in [0.15, 0.2) is 6.33 Å². The Kier molecular flexibility index (Phi) is 4.25. The SMILES string of the molecule is COC(Cc1c(C)ncnc1Cl)OC. The first-order valence-corrected chi connectivity index (χ1v) is 4.58. The Morgan fingerprint density at radius 2 is 2.00 bits per heavy atom. The summed E-state index contributed by atoms with van der Waals surface area (Å²) in [6, 6.07) is 0. The van der Waals surface area contributed by atoms with Gasteiger partial charge in [-0.15, -0.1) is 0 Å². The van der Waals surface area contributed by atoms with Gasteiger partial charge < -0.3 is 9.47 Å². The molecule has 0 aromatic carbocycles. The summed E-state index contributed by atoms with van der Waals surface area (Å²) in [5.41, 5.74) is 1.71. The highest BCUT2D eigenvalue weighted by Gasteiger charge is 2.13. The van der Waals surface area contributed by atoms with Crippen LogP contribution in [0.5, 0.6) is 0 Å². The number of aromatic nitrogens is 2. The molecule has 0 spiro atoms. The fourth-order valence-corrected chi connectivity index (χ4v) is 1.39. The van der Waals surface area contributed by atoms with Gasteiger partial charge in [-0.1, -0.05) is 11.6 Å². The van der Waals surface area contributed by atoms with Crippen molar-refractivity contribution in [2.75, 3.05) is 14.2 Å². The van der Waals surface area contributed by atoms with Crippen molar-refractivity contribution in [1.29, 1.82) is 0 Å². The zero-order valence-electron chi connectivity index (χ0n) is 8.45. The number of methoxy groups -OCH3 is 2. The number of halogens is 1. The summed E-state index contributed by atoms with van der Waals surface area (Å²) in [6.07, 6.45) is 1.69. The molecule has 4 nitrogen and oxygen atoms in total. The Balaban J connectivity index is 2.84. The van der Waals surface area contributed by atoms with Crippen LogP contribution in [0.4, 0.5) is 0 Å². The van der Waals surface area contributed by atoms with E-state index in [2.05, 4.69) is 9.97 Å². The highest BCUT2D eigenvalue weighted by molar-refractivity contribution is 6.30.